The highest BCUT2D eigenvalue weighted by molar-refractivity contribution is 5.66. The number of hydrogen-bond donors (Lipinski definition) is 2. The van der Waals surface area contributed by atoms with Gasteiger partial charge in [-0.1, -0.05) is 0 Å². The van der Waals surface area contributed by atoms with Crippen molar-refractivity contribution in [1.82, 2.24) is 29.7 Å². The Kier molecular flexibility index (Phi) is 4.36. The molecule has 140 valence electrons. The number of aryl methyl sites for hydroxylation is 1. The summed E-state index contributed by atoms with van der Waals surface area (Å²) in [5.74, 6) is -0.239. The fraction of sp³-hybridized carbons (Fsp3) is 0.0556. The van der Waals surface area contributed by atoms with Crippen LogP contribution in [0.15, 0.2) is 48.8 Å². The molecule has 4 aromatic rings. The zero-order valence-corrected chi connectivity index (χ0v) is 14.6. The van der Waals surface area contributed by atoms with Crippen LogP contribution in [-0.4, -0.2) is 29.7 Å². The van der Waals surface area contributed by atoms with Crippen molar-refractivity contribution in [2.45, 2.75) is 0 Å². The lowest BCUT2D eigenvalue weighted by atomic mass is 10.1. The van der Waals surface area contributed by atoms with Gasteiger partial charge in [-0.25, -0.2) is 24.0 Å². The van der Waals surface area contributed by atoms with Crippen molar-refractivity contribution in [3.63, 3.8) is 0 Å². The summed E-state index contributed by atoms with van der Waals surface area (Å²) in [5, 5.41) is 7.26. The van der Waals surface area contributed by atoms with Gasteiger partial charge >= 0.3 is 0 Å². The van der Waals surface area contributed by atoms with Crippen LogP contribution in [0.4, 0.5) is 26.4 Å². The number of nitrogens with zero attached hydrogens (tertiary/aromatic N) is 6. The number of benzene rings is 1. The van der Waals surface area contributed by atoms with Crippen molar-refractivity contribution < 1.29 is 8.78 Å². The maximum absolute atomic E-state index is 14.6. The van der Waals surface area contributed by atoms with Gasteiger partial charge in [-0.15, -0.1) is 5.10 Å². The van der Waals surface area contributed by atoms with E-state index >= 15 is 0 Å². The molecule has 8 nitrogen and oxygen atoms in total. The van der Waals surface area contributed by atoms with E-state index < -0.39 is 11.8 Å². The Hall–Kier alpha value is -3.95. The Bertz CT molecular complexity index is 1140. The molecule has 0 unspecified atom stereocenters. The number of hydrogen-bond acceptors (Lipinski definition) is 7. The van der Waals surface area contributed by atoms with E-state index in [1.807, 2.05) is 0 Å². The third kappa shape index (κ3) is 3.47. The average molecular weight is 380 g/mol. The Morgan fingerprint density at radius 3 is 2.61 bits per heavy atom. The van der Waals surface area contributed by atoms with Crippen LogP contribution in [0, 0.1) is 11.8 Å². The van der Waals surface area contributed by atoms with Crippen molar-refractivity contribution in [2.24, 2.45) is 7.05 Å². The van der Waals surface area contributed by atoms with Crippen LogP contribution in [0.3, 0.4) is 0 Å². The summed E-state index contributed by atoms with van der Waals surface area (Å²) in [7, 11) is 1.68. The summed E-state index contributed by atoms with van der Waals surface area (Å²) in [6, 6.07) is 8.93. The predicted octanol–water partition coefficient (Wildman–Crippen LogP) is 2.94. The molecule has 0 aliphatic rings. The van der Waals surface area contributed by atoms with Crippen molar-refractivity contribution in [2.75, 3.05) is 11.1 Å². The number of nitrogens with two attached hydrogens (primary N) is 1. The van der Waals surface area contributed by atoms with Gasteiger partial charge in [0.1, 0.15) is 5.82 Å². The number of nitrogen functional groups attached to an aromatic ring is 1. The first-order valence-corrected chi connectivity index (χ1v) is 8.18. The van der Waals surface area contributed by atoms with Gasteiger partial charge < -0.3 is 11.1 Å². The Labute approximate surface area is 158 Å². The maximum Gasteiger partial charge on any atom is 0.225 e. The van der Waals surface area contributed by atoms with Gasteiger partial charge in [-0.3, -0.25) is 0 Å². The van der Waals surface area contributed by atoms with Crippen LogP contribution in [-0.2, 0) is 7.05 Å². The number of anilines is 3. The fourth-order valence-corrected chi connectivity index (χ4v) is 2.58. The van der Waals surface area contributed by atoms with E-state index in [1.165, 1.54) is 35.3 Å². The highest BCUT2D eigenvalue weighted by Gasteiger charge is 2.12. The molecule has 3 heterocycles. The topological polar surface area (TPSA) is 107 Å². The molecule has 0 spiro atoms. The minimum absolute atomic E-state index is 0.0704. The standard InChI is InChI=1S/C18H14F2N8/c1-28-18(26-16(27-28)10-2-5-15(20)23-9-10)24-11-3-4-12(13(19)8-11)14-6-7-22-17(21)25-14/h2-9H,1H3,(H2,21,22,25)(H,24,26,27). The fourth-order valence-electron chi connectivity index (χ4n) is 2.58. The number of rotatable bonds is 4. The highest BCUT2D eigenvalue weighted by Crippen LogP contribution is 2.26. The summed E-state index contributed by atoms with van der Waals surface area (Å²) in [5.41, 5.74) is 7.28. The molecule has 3 N–H and O–H groups in total. The SMILES string of the molecule is Cn1nc(-c2ccc(F)nc2)nc1Nc1ccc(-c2ccnc(N)n2)c(F)c1. The van der Waals surface area contributed by atoms with E-state index in [0.29, 0.717) is 34.3 Å². The number of nitrogens with one attached hydrogen (secondary N) is 1. The molecule has 0 saturated carbocycles. The molecular formula is C18H14F2N8. The Morgan fingerprint density at radius 1 is 1.04 bits per heavy atom. The van der Waals surface area contributed by atoms with Crippen LogP contribution in [0.1, 0.15) is 0 Å². The second-order valence-electron chi connectivity index (χ2n) is 5.87. The zero-order chi connectivity index (χ0) is 19.7. The lowest BCUT2D eigenvalue weighted by Crippen LogP contribution is -2.01. The molecule has 0 saturated heterocycles. The molecule has 0 aliphatic heterocycles. The molecule has 4 rings (SSSR count). The summed E-state index contributed by atoms with van der Waals surface area (Å²) < 4.78 is 29.0. The minimum atomic E-state index is -0.584. The second kappa shape index (κ2) is 6.99. The molecule has 3 aromatic heterocycles. The van der Waals surface area contributed by atoms with E-state index in [1.54, 1.807) is 25.2 Å². The Morgan fingerprint density at radius 2 is 1.89 bits per heavy atom. The molecular weight excluding hydrogens is 366 g/mol. The van der Waals surface area contributed by atoms with E-state index in [0.717, 1.165) is 0 Å². The van der Waals surface area contributed by atoms with Gasteiger partial charge in [0.2, 0.25) is 17.8 Å². The van der Waals surface area contributed by atoms with Gasteiger partial charge in [-0.2, -0.15) is 9.37 Å². The largest absolute Gasteiger partial charge is 0.368 e. The zero-order valence-electron chi connectivity index (χ0n) is 14.6. The second-order valence-corrected chi connectivity index (χ2v) is 5.87. The third-order valence-corrected chi connectivity index (χ3v) is 3.92. The van der Waals surface area contributed by atoms with Crippen LogP contribution in [0.2, 0.25) is 0 Å². The summed E-state index contributed by atoms with van der Waals surface area (Å²) in [6.07, 6.45) is 2.81. The number of pyridine rings is 1. The molecule has 0 radical (unpaired) electrons. The first-order valence-electron chi connectivity index (χ1n) is 8.18. The van der Waals surface area contributed by atoms with E-state index in [9.17, 15) is 8.78 Å². The lowest BCUT2D eigenvalue weighted by molar-refractivity contribution is 0.584. The van der Waals surface area contributed by atoms with Gasteiger partial charge in [-0.05, 0) is 36.4 Å². The van der Waals surface area contributed by atoms with E-state index in [-0.39, 0.29) is 5.95 Å². The van der Waals surface area contributed by atoms with Gasteiger partial charge in [0.05, 0.1) is 5.69 Å². The number of halogens is 2. The van der Waals surface area contributed by atoms with Crippen LogP contribution < -0.4 is 11.1 Å². The van der Waals surface area contributed by atoms with Gasteiger partial charge in [0, 0.05) is 36.3 Å². The predicted molar refractivity (Wildman–Crippen MR) is 99.3 cm³/mol. The lowest BCUT2D eigenvalue weighted by Gasteiger charge is -2.08. The maximum atomic E-state index is 14.6. The monoisotopic (exact) mass is 380 g/mol. The molecule has 0 atom stereocenters. The van der Waals surface area contributed by atoms with Crippen molar-refractivity contribution in [1.29, 1.82) is 0 Å². The van der Waals surface area contributed by atoms with Gasteiger partial charge in [0.15, 0.2) is 5.82 Å². The molecule has 28 heavy (non-hydrogen) atoms. The van der Waals surface area contributed by atoms with E-state index in [2.05, 4.69) is 30.4 Å². The van der Waals surface area contributed by atoms with Crippen molar-refractivity contribution >= 4 is 17.6 Å². The minimum Gasteiger partial charge on any atom is -0.368 e. The highest BCUT2D eigenvalue weighted by atomic mass is 19.1. The molecule has 0 aliphatic carbocycles. The molecule has 1 aromatic carbocycles. The smallest absolute Gasteiger partial charge is 0.225 e. The summed E-state index contributed by atoms with van der Waals surface area (Å²) >= 11 is 0. The molecule has 0 fully saturated rings. The third-order valence-electron chi connectivity index (χ3n) is 3.92. The Balaban J connectivity index is 1.59. The first kappa shape index (κ1) is 17.5. The van der Waals surface area contributed by atoms with Crippen LogP contribution in [0.5, 0.6) is 0 Å². The van der Waals surface area contributed by atoms with Crippen molar-refractivity contribution in [3.05, 3.63) is 60.6 Å². The van der Waals surface area contributed by atoms with Crippen LogP contribution in [0.25, 0.3) is 22.6 Å². The quantitative estimate of drug-likeness (QED) is 0.524. The van der Waals surface area contributed by atoms with Gasteiger partial charge in [0.25, 0.3) is 0 Å². The molecule has 0 amide bonds. The van der Waals surface area contributed by atoms with Crippen molar-refractivity contribution in [3.8, 4) is 22.6 Å². The first-order chi connectivity index (χ1) is 13.5. The van der Waals surface area contributed by atoms with Crippen LogP contribution >= 0.6 is 0 Å². The van der Waals surface area contributed by atoms with E-state index in [4.69, 9.17) is 5.73 Å². The molecule has 0 bridgehead atoms. The number of aromatic nitrogens is 6. The summed E-state index contributed by atoms with van der Waals surface area (Å²) in [6.45, 7) is 0. The molecule has 10 heteroatoms. The summed E-state index contributed by atoms with van der Waals surface area (Å²) in [4.78, 5) is 15.8. The normalized spacial score (nSPS) is 10.8. The average Bonchev–Trinajstić information content (AvgIpc) is 3.03.